The summed E-state index contributed by atoms with van der Waals surface area (Å²) in [4.78, 5) is 0. The average molecular weight is 343 g/mol. The molecule has 0 aromatic heterocycles. The molecule has 1 aromatic carbocycles. The summed E-state index contributed by atoms with van der Waals surface area (Å²) in [5.41, 5.74) is 8.50. The van der Waals surface area contributed by atoms with E-state index in [9.17, 15) is 8.42 Å². The second-order valence-corrected chi connectivity index (χ2v) is 7.70. The monoisotopic (exact) mass is 342 g/mol. The van der Waals surface area contributed by atoms with Crippen molar-refractivity contribution in [3.63, 3.8) is 0 Å². The van der Waals surface area contributed by atoms with Crippen LogP contribution < -0.4 is 10.5 Å². The Bertz CT molecular complexity index is 579. The molecule has 0 radical (unpaired) electrons. The van der Waals surface area contributed by atoms with Gasteiger partial charge in [0.15, 0.2) is 0 Å². The molecule has 4 N–H and O–H groups in total. The van der Waals surface area contributed by atoms with E-state index in [0.717, 1.165) is 32.1 Å². The SMILES string of the molecule is CCC(C)(N)c1ccccc1C.O=S(=O)(O)NC1CCCCC1. The van der Waals surface area contributed by atoms with E-state index in [1.54, 1.807) is 0 Å². The Morgan fingerprint density at radius 1 is 1.26 bits per heavy atom. The summed E-state index contributed by atoms with van der Waals surface area (Å²) in [5.74, 6) is 0. The molecule has 6 heteroatoms. The average Bonchev–Trinajstić information content (AvgIpc) is 2.47. The van der Waals surface area contributed by atoms with Gasteiger partial charge in [-0.05, 0) is 44.2 Å². The van der Waals surface area contributed by atoms with Crippen LogP contribution in [0.5, 0.6) is 0 Å². The predicted octanol–water partition coefficient (Wildman–Crippen LogP) is 3.29. The second-order valence-electron chi connectivity index (χ2n) is 6.51. The van der Waals surface area contributed by atoms with Crippen LogP contribution in [0.25, 0.3) is 0 Å². The molecule has 1 aliphatic carbocycles. The highest BCUT2D eigenvalue weighted by molar-refractivity contribution is 7.83. The zero-order valence-electron chi connectivity index (χ0n) is 14.4. The van der Waals surface area contributed by atoms with Crippen molar-refractivity contribution in [2.24, 2.45) is 5.73 Å². The van der Waals surface area contributed by atoms with Crippen molar-refractivity contribution in [3.8, 4) is 0 Å². The first-order chi connectivity index (χ1) is 10.7. The van der Waals surface area contributed by atoms with E-state index in [4.69, 9.17) is 10.3 Å². The van der Waals surface area contributed by atoms with Crippen LogP contribution in [-0.4, -0.2) is 19.0 Å². The molecule has 23 heavy (non-hydrogen) atoms. The lowest BCUT2D eigenvalue weighted by atomic mass is 9.87. The minimum absolute atomic E-state index is 0.0428. The second kappa shape index (κ2) is 8.78. The fourth-order valence-corrected chi connectivity index (χ4v) is 3.49. The van der Waals surface area contributed by atoms with Crippen LogP contribution in [0.2, 0.25) is 0 Å². The first-order valence-electron chi connectivity index (χ1n) is 8.25. The van der Waals surface area contributed by atoms with E-state index in [-0.39, 0.29) is 11.6 Å². The zero-order valence-corrected chi connectivity index (χ0v) is 15.2. The standard InChI is InChI=1S/C11H17N.C6H13NO3S/c1-4-11(3,12)10-8-6-5-7-9(10)2;8-11(9,10)7-6-4-2-1-3-5-6/h5-8H,4,12H2,1-3H3;6-7H,1-5H2,(H,8,9,10). The fourth-order valence-electron chi connectivity index (χ4n) is 2.84. The van der Waals surface area contributed by atoms with Gasteiger partial charge >= 0.3 is 10.3 Å². The molecule has 132 valence electrons. The van der Waals surface area contributed by atoms with Crippen LogP contribution in [-0.2, 0) is 15.8 Å². The lowest BCUT2D eigenvalue weighted by Gasteiger charge is -2.25. The van der Waals surface area contributed by atoms with Gasteiger partial charge < -0.3 is 5.73 Å². The third-order valence-corrected chi connectivity index (χ3v) is 5.05. The summed E-state index contributed by atoms with van der Waals surface area (Å²) in [6.45, 7) is 6.30. The van der Waals surface area contributed by atoms with Crippen molar-refractivity contribution in [1.29, 1.82) is 0 Å². The van der Waals surface area contributed by atoms with Gasteiger partial charge in [-0.3, -0.25) is 4.55 Å². The van der Waals surface area contributed by atoms with E-state index < -0.39 is 10.3 Å². The van der Waals surface area contributed by atoms with E-state index in [1.807, 2.05) is 12.1 Å². The Kier molecular flexibility index (Phi) is 7.67. The molecule has 0 amide bonds. The molecule has 1 aliphatic rings. The van der Waals surface area contributed by atoms with Crippen molar-refractivity contribution in [2.45, 2.75) is 70.9 Å². The maximum atomic E-state index is 10.3. The van der Waals surface area contributed by atoms with Gasteiger partial charge in [0, 0.05) is 11.6 Å². The van der Waals surface area contributed by atoms with Crippen LogP contribution in [0.4, 0.5) is 0 Å². The predicted molar refractivity (Wildman–Crippen MR) is 94.6 cm³/mol. The Balaban J connectivity index is 0.000000231. The number of aryl methyl sites for hydroxylation is 1. The van der Waals surface area contributed by atoms with E-state index in [0.29, 0.717) is 0 Å². The van der Waals surface area contributed by atoms with Crippen molar-refractivity contribution >= 4 is 10.3 Å². The fraction of sp³-hybridized carbons (Fsp3) is 0.647. The number of nitrogens with one attached hydrogen (secondary N) is 1. The minimum atomic E-state index is -3.97. The largest absolute Gasteiger partial charge is 0.333 e. The first kappa shape index (κ1) is 20.1. The number of hydrogen-bond acceptors (Lipinski definition) is 3. The molecule has 5 nitrogen and oxygen atoms in total. The molecule has 0 heterocycles. The van der Waals surface area contributed by atoms with Crippen LogP contribution in [0.3, 0.4) is 0 Å². The van der Waals surface area contributed by atoms with Crippen LogP contribution in [0, 0.1) is 6.92 Å². The van der Waals surface area contributed by atoms with Crippen LogP contribution in [0.15, 0.2) is 24.3 Å². The van der Waals surface area contributed by atoms with Crippen molar-refractivity contribution in [3.05, 3.63) is 35.4 Å². The molecule has 1 saturated carbocycles. The Labute approximate surface area is 140 Å². The first-order valence-corrected chi connectivity index (χ1v) is 9.69. The lowest BCUT2D eigenvalue weighted by molar-refractivity contribution is 0.389. The van der Waals surface area contributed by atoms with Crippen molar-refractivity contribution < 1.29 is 13.0 Å². The zero-order chi connectivity index (χ0) is 17.5. The molecular formula is C17H30N2O3S. The number of hydrogen-bond donors (Lipinski definition) is 3. The number of nitrogens with two attached hydrogens (primary N) is 1. The molecule has 0 bridgehead atoms. The van der Waals surface area contributed by atoms with Crippen LogP contribution >= 0.6 is 0 Å². The van der Waals surface area contributed by atoms with Gasteiger partial charge in [0.2, 0.25) is 0 Å². The molecule has 1 atom stereocenters. The van der Waals surface area contributed by atoms with Crippen molar-refractivity contribution in [2.75, 3.05) is 0 Å². The normalized spacial score (nSPS) is 18.7. The van der Waals surface area contributed by atoms with E-state index >= 15 is 0 Å². The van der Waals surface area contributed by atoms with Gasteiger partial charge in [-0.1, -0.05) is 50.5 Å². The highest BCUT2D eigenvalue weighted by Crippen LogP contribution is 2.23. The summed E-state index contributed by atoms with van der Waals surface area (Å²) in [7, 11) is -3.97. The molecular weight excluding hydrogens is 312 g/mol. The third kappa shape index (κ3) is 7.44. The summed E-state index contributed by atoms with van der Waals surface area (Å²) in [5, 5.41) is 0. The smallest absolute Gasteiger partial charge is 0.322 e. The molecule has 0 spiro atoms. The molecule has 1 unspecified atom stereocenters. The molecule has 0 aliphatic heterocycles. The summed E-state index contributed by atoms with van der Waals surface area (Å²) < 4.78 is 31.3. The summed E-state index contributed by atoms with van der Waals surface area (Å²) in [6.07, 6.45) is 5.93. The van der Waals surface area contributed by atoms with Gasteiger partial charge in [0.1, 0.15) is 0 Å². The number of benzene rings is 1. The van der Waals surface area contributed by atoms with Gasteiger partial charge in [-0.25, -0.2) is 0 Å². The van der Waals surface area contributed by atoms with Gasteiger partial charge in [-0.2, -0.15) is 13.1 Å². The molecule has 1 aromatic rings. The molecule has 0 saturated heterocycles. The van der Waals surface area contributed by atoms with Gasteiger partial charge in [-0.15, -0.1) is 0 Å². The van der Waals surface area contributed by atoms with Crippen LogP contribution in [0.1, 0.15) is 63.5 Å². The Morgan fingerprint density at radius 2 is 1.83 bits per heavy atom. The van der Waals surface area contributed by atoms with Crippen molar-refractivity contribution in [1.82, 2.24) is 4.72 Å². The topological polar surface area (TPSA) is 92.4 Å². The lowest BCUT2D eigenvalue weighted by Crippen LogP contribution is -2.35. The van der Waals surface area contributed by atoms with Gasteiger partial charge in [0.25, 0.3) is 0 Å². The third-order valence-electron chi connectivity index (χ3n) is 4.42. The maximum Gasteiger partial charge on any atom is 0.333 e. The van der Waals surface area contributed by atoms with E-state index in [2.05, 4.69) is 37.6 Å². The Hall–Kier alpha value is -0.950. The molecule has 2 rings (SSSR count). The number of rotatable bonds is 4. The van der Waals surface area contributed by atoms with Gasteiger partial charge in [0.05, 0.1) is 0 Å². The summed E-state index contributed by atoms with van der Waals surface area (Å²) in [6, 6.07) is 8.27. The highest BCUT2D eigenvalue weighted by Gasteiger charge is 2.19. The summed E-state index contributed by atoms with van der Waals surface area (Å²) >= 11 is 0. The quantitative estimate of drug-likeness (QED) is 0.732. The highest BCUT2D eigenvalue weighted by atomic mass is 32.2. The Morgan fingerprint density at radius 3 is 2.30 bits per heavy atom. The maximum absolute atomic E-state index is 10.3. The molecule has 1 fully saturated rings. The van der Waals surface area contributed by atoms with E-state index in [1.165, 1.54) is 17.5 Å². The minimum Gasteiger partial charge on any atom is -0.322 e.